The lowest BCUT2D eigenvalue weighted by Gasteiger charge is -2.09. The second kappa shape index (κ2) is 9.66. The number of rotatable bonds is 10. The molecule has 2 aromatic rings. The third-order valence-electron chi connectivity index (χ3n) is 4.66. The maximum atomic E-state index is 2.45. The molecule has 2 aromatic carbocycles. The fraction of sp³-hybridized carbons (Fsp3) is 0.545. The lowest BCUT2D eigenvalue weighted by molar-refractivity contribution is 0.666. The van der Waals surface area contributed by atoms with Crippen LogP contribution in [0.4, 0.5) is 0 Å². The minimum Gasteiger partial charge on any atom is -0.0654 e. The van der Waals surface area contributed by atoms with Crippen LogP contribution in [-0.2, 0) is 12.8 Å². The molecule has 0 saturated carbocycles. The molecular formula is C22H32. The minimum absolute atomic E-state index is 1.23. The minimum atomic E-state index is 1.23. The topological polar surface area (TPSA) is 0 Å². The summed E-state index contributed by atoms with van der Waals surface area (Å²) in [5.41, 5.74) is 3.06. The van der Waals surface area contributed by atoms with Crippen LogP contribution < -0.4 is 0 Å². The molecular weight excluding hydrogens is 264 g/mol. The van der Waals surface area contributed by atoms with E-state index in [1.165, 1.54) is 80.5 Å². The van der Waals surface area contributed by atoms with E-state index in [1.807, 2.05) is 0 Å². The van der Waals surface area contributed by atoms with Crippen LogP contribution in [-0.4, -0.2) is 0 Å². The first-order valence-electron chi connectivity index (χ1n) is 9.35. The summed E-state index contributed by atoms with van der Waals surface area (Å²) < 4.78 is 0. The van der Waals surface area contributed by atoms with Gasteiger partial charge in [0.2, 0.25) is 0 Å². The van der Waals surface area contributed by atoms with Crippen LogP contribution in [0.5, 0.6) is 0 Å². The zero-order chi connectivity index (χ0) is 15.6. The molecule has 0 heterocycles. The molecule has 0 fully saturated rings. The highest BCUT2D eigenvalue weighted by Crippen LogP contribution is 2.23. The first-order valence-corrected chi connectivity index (χ1v) is 9.35. The smallest absolute Gasteiger partial charge is 0.0149 e. The molecule has 0 bridgehead atoms. The van der Waals surface area contributed by atoms with Gasteiger partial charge in [-0.3, -0.25) is 0 Å². The molecule has 0 amide bonds. The summed E-state index contributed by atoms with van der Waals surface area (Å²) in [6.07, 6.45) is 13.2. The molecule has 2 rings (SSSR count). The van der Waals surface area contributed by atoms with Crippen LogP contribution in [0, 0.1) is 0 Å². The molecule has 0 spiro atoms. The molecule has 0 nitrogen and oxygen atoms in total. The summed E-state index contributed by atoms with van der Waals surface area (Å²) in [5, 5.41) is 2.90. The Morgan fingerprint density at radius 2 is 1.41 bits per heavy atom. The highest BCUT2D eigenvalue weighted by molar-refractivity contribution is 5.86. The molecule has 22 heavy (non-hydrogen) atoms. The van der Waals surface area contributed by atoms with Crippen molar-refractivity contribution in [3.63, 3.8) is 0 Å². The van der Waals surface area contributed by atoms with Crippen molar-refractivity contribution in [3.05, 3.63) is 47.5 Å². The Bertz CT molecular complexity index is 553. The molecule has 0 unspecified atom stereocenters. The second-order valence-corrected chi connectivity index (χ2v) is 6.59. The number of aryl methyl sites for hydroxylation is 2. The van der Waals surface area contributed by atoms with Gasteiger partial charge in [-0.05, 0) is 47.6 Å². The van der Waals surface area contributed by atoms with Crippen LogP contribution in [0.25, 0.3) is 10.8 Å². The summed E-state index contributed by atoms with van der Waals surface area (Å²) >= 11 is 0. The van der Waals surface area contributed by atoms with Crippen molar-refractivity contribution >= 4 is 10.8 Å². The molecule has 0 atom stereocenters. The molecule has 0 saturated heterocycles. The van der Waals surface area contributed by atoms with Crippen molar-refractivity contribution in [2.45, 2.75) is 78.1 Å². The van der Waals surface area contributed by atoms with Crippen molar-refractivity contribution in [2.24, 2.45) is 0 Å². The summed E-state index contributed by atoms with van der Waals surface area (Å²) in [6.45, 7) is 4.56. The molecule has 0 radical (unpaired) electrons. The van der Waals surface area contributed by atoms with Crippen molar-refractivity contribution in [1.82, 2.24) is 0 Å². The molecule has 0 heteroatoms. The van der Waals surface area contributed by atoms with Crippen LogP contribution in [0.1, 0.15) is 76.3 Å². The van der Waals surface area contributed by atoms with E-state index in [-0.39, 0.29) is 0 Å². The van der Waals surface area contributed by atoms with Crippen molar-refractivity contribution in [2.75, 3.05) is 0 Å². The number of fused-ring (bicyclic) bond motifs is 1. The Hall–Kier alpha value is -1.30. The fourth-order valence-electron chi connectivity index (χ4n) is 3.26. The molecule has 0 aliphatic carbocycles. The second-order valence-electron chi connectivity index (χ2n) is 6.59. The van der Waals surface area contributed by atoms with Gasteiger partial charge in [0.15, 0.2) is 0 Å². The summed E-state index contributed by atoms with van der Waals surface area (Å²) in [6, 6.07) is 13.9. The SMILES string of the molecule is CCCCCCc1ccc2cccc(CCCCCC)c2c1. The quantitative estimate of drug-likeness (QED) is 0.411. The number of hydrogen-bond donors (Lipinski definition) is 0. The Labute approximate surface area is 136 Å². The third-order valence-corrected chi connectivity index (χ3v) is 4.66. The Morgan fingerprint density at radius 1 is 0.682 bits per heavy atom. The molecule has 0 N–H and O–H groups in total. The highest BCUT2D eigenvalue weighted by atomic mass is 14.1. The standard InChI is InChI=1S/C22H32/c1-3-5-7-9-12-19-16-17-21-15-11-14-20(22(21)18-19)13-10-8-6-4-2/h11,14-18H,3-10,12-13H2,1-2H3. The van der Waals surface area contributed by atoms with Crippen molar-refractivity contribution in [3.8, 4) is 0 Å². The largest absolute Gasteiger partial charge is 0.0654 e. The van der Waals surface area contributed by atoms with Gasteiger partial charge in [-0.2, -0.15) is 0 Å². The van der Waals surface area contributed by atoms with Crippen molar-refractivity contribution in [1.29, 1.82) is 0 Å². The normalized spacial score (nSPS) is 11.2. The van der Waals surface area contributed by atoms with E-state index < -0.39 is 0 Å². The van der Waals surface area contributed by atoms with Gasteiger partial charge in [-0.15, -0.1) is 0 Å². The molecule has 120 valence electrons. The maximum Gasteiger partial charge on any atom is -0.0149 e. The van der Waals surface area contributed by atoms with E-state index in [9.17, 15) is 0 Å². The molecule has 0 aliphatic heterocycles. The number of unbranched alkanes of at least 4 members (excludes halogenated alkanes) is 6. The van der Waals surface area contributed by atoms with Gasteiger partial charge in [-0.1, -0.05) is 88.8 Å². The summed E-state index contributed by atoms with van der Waals surface area (Å²) in [4.78, 5) is 0. The van der Waals surface area contributed by atoms with Crippen LogP contribution in [0.15, 0.2) is 36.4 Å². The first-order chi connectivity index (χ1) is 10.8. The van der Waals surface area contributed by atoms with E-state index in [4.69, 9.17) is 0 Å². The van der Waals surface area contributed by atoms with Gasteiger partial charge < -0.3 is 0 Å². The number of hydrogen-bond acceptors (Lipinski definition) is 0. The first kappa shape index (κ1) is 17.1. The molecule has 0 aliphatic rings. The maximum absolute atomic E-state index is 2.45. The average Bonchev–Trinajstić information content (AvgIpc) is 2.56. The van der Waals surface area contributed by atoms with E-state index in [0.29, 0.717) is 0 Å². The lowest BCUT2D eigenvalue weighted by atomic mass is 9.96. The zero-order valence-electron chi connectivity index (χ0n) is 14.5. The van der Waals surface area contributed by atoms with Gasteiger partial charge in [0, 0.05) is 0 Å². The van der Waals surface area contributed by atoms with E-state index in [1.54, 1.807) is 5.56 Å². The lowest BCUT2D eigenvalue weighted by Crippen LogP contribution is -1.91. The van der Waals surface area contributed by atoms with Gasteiger partial charge >= 0.3 is 0 Å². The van der Waals surface area contributed by atoms with Crippen LogP contribution in [0.2, 0.25) is 0 Å². The van der Waals surface area contributed by atoms with Crippen molar-refractivity contribution < 1.29 is 0 Å². The summed E-state index contributed by atoms with van der Waals surface area (Å²) in [7, 11) is 0. The monoisotopic (exact) mass is 296 g/mol. The fourth-order valence-corrected chi connectivity index (χ4v) is 3.26. The summed E-state index contributed by atoms with van der Waals surface area (Å²) in [5.74, 6) is 0. The van der Waals surface area contributed by atoms with E-state index in [0.717, 1.165) is 0 Å². The highest BCUT2D eigenvalue weighted by Gasteiger charge is 2.03. The zero-order valence-corrected chi connectivity index (χ0v) is 14.5. The van der Waals surface area contributed by atoms with Gasteiger partial charge in [0.05, 0.1) is 0 Å². The van der Waals surface area contributed by atoms with Crippen LogP contribution >= 0.6 is 0 Å². The van der Waals surface area contributed by atoms with Gasteiger partial charge in [-0.25, -0.2) is 0 Å². The Balaban J connectivity index is 2.04. The predicted molar refractivity (Wildman–Crippen MR) is 99.6 cm³/mol. The Morgan fingerprint density at radius 3 is 2.14 bits per heavy atom. The van der Waals surface area contributed by atoms with Gasteiger partial charge in [0.1, 0.15) is 0 Å². The van der Waals surface area contributed by atoms with Gasteiger partial charge in [0.25, 0.3) is 0 Å². The number of benzene rings is 2. The third kappa shape index (κ3) is 5.16. The Kier molecular flexibility index (Phi) is 7.49. The average molecular weight is 296 g/mol. The van der Waals surface area contributed by atoms with E-state index in [2.05, 4.69) is 50.2 Å². The van der Waals surface area contributed by atoms with E-state index >= 15 is 0 Å². The predicted octanol–water partition coefficient (Wildman–Crippen LogP) is 7.09. The molecule has 0 aromatic heterocycles. The van der Waals surface area contributed by atoms with Crippen LogP contribution in [0.3, 0.4) is 0 Å².